The molecule has 4 aromatic carbocycles. The first-order valence-electron chi connectivity index (χ1n) is 11.6. The molecule has 0 saturated carbocycles. The van der Waals surface area contributed by atoms with Crippen molar-refractivity contribution in [2.75, 3.05) is 4.90 Å². The zero-order chi connectivity index (χ0) is 23.1. The zero-order valence-electron chi connectivity index (χ0n) is 18.7. The number of anilines is 1. The lowest BCUT2D eigenvalue weighted by atomic mass is 10.0. The molecule has 1 atom stereocenters. The lowest BCUT2D eigenvalue weighted by Gasteiger charge is -2.22. The molecule has 2 aliphatic rings. The highest BCUT2D eigenvalue weighted by Crippen LogP contribution is 2.37. The summed E-state index contributed by atoms with van der Waals surface area (Å²) in [5.41, 5.74) is 7.85. The van der Waals surface area contributed by atoms with E-state index in [1.54, 1.807) is 4.90 Å². The van der Waals surface area contributed by atoms with Gasteiger partial charge in [-0.25, -0.2) is 9.69 Å². The van der Waals surface area contributed by atoms with E-state index in [1.807, 2.05) is 60.7 Å². The number of urea groups is 1. The van der Waals surface area contributed by atoms with Gasteiger partial charge in [0.1, 0.15) is 6.04 Å². The molecular weight excluding hydrogens is 420 g/mol. The summed E-state index contributed by atoms with van der Waals surface area (Å²) in [5, 5.41) is 0. The van der Waals surface area contributed by atoms with Gasteiger partial charge in [-0.1, -0.05) is 91.0 Å². The molecule has 4 nitrogen and oxygen atoms in total. The molecule has 1 saturated heterocycles. The third-order valence-corrected chi connectivity index (χ3v) is 6.82. The number of nitrogens with zero attached hydrogens (tertiary/aromatic N) is 2. The largest absolute Gasteiger partial charge is 0.332 e. The van der Waals surface area contributed by atoms with Crippen LogP contribution in [0, 0.1) is 0 Å². The highest BCUT2D eigenvalue weighted by molar-refractivity contribution is 6.21. The Hall–Kier alpha value is -4.18. The lowest BCUT2D eigenvalue weighted by molar-refractivity contribution is -0.119. The molecule has 1 aliphatic carbocycles. The van der Waals surface area contributed by atoms with E-state index in [0.717, 1.165) is 17.5 Å². The van der Waals surface area contributed by atoms with Crippen LogP contribution in [-0.4, -0.2) is 22.9 Å². The van der Waals surface area contributed by atoms with E-state index >= 15 is 0 Å². The molecule has 0 unspecified atom stereocenters. The van der Waals surface area contributed by atoms with Crippen LogP contribution in [0.5, 0.6) is 0 Å². The molecule has 0 N–H and O–H groups in total. The second-order valence-electron chi connectivity index (χ2n) is 8.95. The minimum absolute atomic E-state index is 0.173. The second kappa shape index (κ2) is 8.31. The average Bonchev–Trinajstić information content (AvgIpc) is 3.35. The van der Waals surface area contributed by atoms with Gasteiger partial charge in [0.2, 0.25) is 0 Å². The molecular formula is C30H24N2O2. The standard InChI is InChI=1S/C30H24N2O2/c33-29-28(18-21-9-3-1-4-10-21)31(30(34)32(29)25-12-5-2-6-13-25)20-22-15-16-27-24(17-22)19-23-11-7-8-14-26(23)27/h1-17,28H,18-20H2/t28-/m1/s1. The topological polar surface area (TPSA) is 40.6 Å². The molecule has 4 aromatic rings. The minimum Gasteiger partial charge on any atom is -0.307 e. The van der Waals surface area contributed by atoms with Crippen LogP contribution in [-0.2, 0) is 24.2 Å². The Kier molecular flexibility index (Phi) is 4.99. The van der Waals surface area contributed by atoms with E-state index in [0.29, 0.717) is 18.7 Å². The van der Waals surface area contributed by atoms with Crippen molar-refractivity contribution in [2.45, 2.75) is 25.4 Å². The Balaban J connectivity index is 1.33. The summed E-state index contributed by atoms with van der Waals surface area (Å²) >= 11 is 0. The van der Waals surface area contributed by atoms with Crippen molar-refractivity contribution < 1.29 is 9.59 Å². The number of para-hydroxylation sites is 1. The molecule has 0 aromatic heterocycles. The van der Waals surface area contributed by atoms with Gasteiger partial charge >= 0.3 is 6.03 Å². The second-order valence-corrected chi connectivity index (χ2v) is 8.95. The Morgan fingerprint density at radius 2 is 1.35 bits per heavy atom. The highest BCUT2D eigenvalue weighted by Gasteiger charge is 2.45. The van der Waals surface area contributed by atoms with Crippen LogP contribution >= 0.6 is 0 Å². The first-order valence-corrected chi connectivity index (χ1v) is 11.6. The van der Waals surface area contributed by atoms with Gasteiger partial charge in [0, 0.05) is 13.0 Å². The summed E-state index contributed by atoms with van der Waals surface area (Å²) in [6.45, 7) is 0.398. The van der Waals surface area contributed by atoms with E-state index < -0.39 is 6.04 Å². The van der Waals surface area contributed by atoms with Crippen LogP contribution in [0.15, 0.2) is 103 Å². The summed E-state index contributed by atoms with van der Waals surface area (Å²) in [5.74, 6) is -0.173. The van der Waals surface area contributed by atoms with Crippen molar-refractivity contribution in [1.29, 1.82) is 0 Å². The predicted molar refractivity (Wildman–Crippen MR) is 133 cm³/mol. The first kappa shape index (κ1) is 20.4. The monoisotopic (exact) mass is 444 g/mol. The number of imide groups is 1. The minimum atomic E-state index is -0.541. The molecule has 1 aliphatic heterocycles. The first-order chi connectivity index (χ1) is 16.7. The molecule has 4 heteroatoms. The van der Waals surface area contributed by atoms with E-state index in [2.05, 4.69) is 42.5 Å². The number of amides is 3. The fourth-order valence-electron chi connectivity index (χ4n) is 5.16. The van der Waals surface area contributed by atoms with Gasteiger partial charge in [-0.2, -0.15) is 0 Å². The number of rotatable bonds is 5. The van der Waals surface area contributed by atoms with Crippen molar-refractivity contribution in [3.8, 4) is 11.1 Å². The summed E-state index contributed by atoms with van der Waals surface area (Å²) < 4.78 is 0. The molecule has 34 heavy (non-hydrogen) atoms. The van der Waals surface area contributed by atoms with E-state index in [1.165, 1.54) is 27.2 Å². The molecule has 3 amide bonds. The summed E-state index contributed by atoms with van der Waals surface area (Å²) in [4.78, 5) is 30.1. The quantitative estimate of drug-likeness (QED) is 0.320. The molecule has 6 rings (SSSR count). The van der Waals surface area contributed by atoms with Crippen molar-refractivity contribution >= 4 is 17.6 Å². The van der Waals surface area contributed by atoms with Crippen LogP contribution < -0.4 is 4.90 Å². The fourth-order valence-corrected chi connectivity index (χ4v) is 5.16. The maximum atomic E-state index is 13.6. The number of hydrogen-bond acceptors (Lipinski definition) is 2. The Morgan fingerprint density at radius 1 is 0.676 bits per heavy atom. The van der Waals surface area contributed by atoms with E-state index in [-0.39, 0.29) is 11.9 Å². The smallest absolute Gasteiger partial charge is 0.307 e. The van der Waals surface area contributed by atoms with Crippen molar-refractivity contribution in [1.82, 2.24) is 4.90 Å². The van der Waals surface area contributed by atoms with Crippen LogP contribution in [0.1, 0.15) is 22.3 Å². The van der Waals surface area contributed by atoms with Crippen molar-refractivity contribution in [3.05, 3.63) is 125 Å². The van der Waals surface area contributed by atoms with E-state index in [4.69, 9.17) is 0 Å². The number of benzene rings is 4. The normalized spacial score (nSPS) is 16.6. The third kappa shape index (κ3) is 3.48. The Bertz CT molecular complexity index is 1380. The Morgan fingerprint density at radius 3 is 2.15 bits per heavy atom. The van der Waals surface area contributed by atoms with Gasteiger partial charge in [0.05, 0.1) is 5.69 Å². The molecule has 1 heterocycles. The summed E-state index contributed by atoms with van der Waals surface area (Å²) in [7, 11) is 0. The number of carbonyl (C=O) groups excluding carboxylic acids is 2. The van der Waals surface area contributed by atoms with Gasteiger partial charge in [-0.05, 0) is 51.9 Å². The average molecular weight is 445 g/mol. The number of carbonyl (C=O) groups is 2. The zero-order valence-corrected chi connectivity index (χ0v) is 18.7. The van der Waals surface area contributed by atoms with Gasteiger partial charge < -0.3 is 4.90 Å². The van der Waals surface area contributed by atoms with Crippen LogP contribution in [0.2, 0.25) is 0 Å². The van der Waals surface area contributed by atoms with Gasteiger partial charge in [-0.15, -0.1) is 0 Å². The number of fused-ring (bicyclic) bond motifs is 3. The summed E-state index contributed by atoms with van der Waals surface area (Å²) in [6.07, 6.45) is 1.39. The van der Waals surface area contributed by atoms with Crippen molar-refractivity contribution in [2.24, 2.45) is 0 Å². The van der Waals surface area contributed by atoms with Gasteiger partial charge in [0.25, 0.3) is 5.91 Å². The Labute approximate surface area is 199 Å². The molecule has 0 bridgehead atoms. The fraction of sp³-hybridized carbons (Fsp3) is 0.133. The maximum Gasteiger partial charge on any atom is 0.332 e. The molecule has 0 spiro atoms. The summed E-state index contributed by atoms with van der Waals surface area (Å²) in [6, 6.07) is 33.2. The predicted octanol–water partition coefficient (Wildman–Crippen LogP) is 5.84. The molecule has 166 valence electrons. The van der Waals surface area contributed by atoms with Crippen LogP contribution in [0.3, 0.4) is 0 Å². The van der Waals surface area contributed by atoms with Crippen LogP contribution in [0.4, 0.5) is 10.5 Å². The lowest BCUT2D eigenvalue weighted by Crippen LogP contribution is -2.36. The highest BCUT2D eigenvalue weighted by atomic mass is 16.2. The third-order valence-electron chi connectivity index (χ3n) is 6.82. The number of hydrogen-bond donors (Lipinski definition) is 0. The molecule has 0 radical (unpaired) electrons. The van der Waals surface area contributed by atoms with Crippen LogP contribution in [0.25, 0.3) is 11.1 Å². The molecule has 1 fully saturated rings. The van der Waals surface area contributed by atoms with Gasteiger partial charge in [-0.3, -0.25) is 4.79 Å². The maximum absolute atomic E-state index is 13.6. The van der Waals surface area contributed by atoms with Gasteiger partial charge in [0.15, 0.2) is 0 Å². The van der Waals surface area contributed by atoms with E-state index in [9.17, 15) is 9.59 Å². The van der Waals surface area contributed by atoms with Crippen molar-refractivity contribution in [3.63, 3.8) is 0 Å². The SMILES string of the molecule is O=C1[C@@H](Cc2ccccc2)N(Cc2ccc3c(c2)Cc2ccccc2-3)C(=O)N1c1ccccc1.